The molecule has 4 heteroatoms. The van der Waals surface area contributed by atoms with Gasteiger partial charge in [0, 0.05) is 13.1 Å². The molecule has 0 aliphatic carbocycles. The molecule has 2 nitrogen and oxygen atoms in total. The molecule has 1 saturated heterocycles. The first kappa shape index (κ1) is 9.22. The topological polar surface area (TPSA) is 20.3 Å². The number of nitrogens with zero attached hydrogens (tertiary/aromatic N) is 1. The first-order chi connectivity index (χ1) is 5.24. The van der Waals surface area contributed by atoms with E-state index in [1.165, 1.54) is 0 Å². The molecule has 0 bridgehead atoms. The standard InChI is InChI=1S/C7H11FINO/c8-6-1-3-10(4-2-6)7(11)5-9/h6H,1-5H2. The number of piperidine rings is 1. The van der Waals surface area contributed by atoms with Crippen molar-refractivity contribution in [1.82, 2.24) is 4.90 Å². The highest BCUT2D eigenvalue weighted by Gasteiger charge is 2.20. The van der Waals surface area contributed by atoms with E-state index in [0.29, 0.717) is 30.4 Å². The number of likely N-dealkylation sites (tertiary alicyclic amines) is 1. The van der Waals surface area contributed by atoms with Crippen molar-refractivity contribution in [3.05, 3.63) is 0 Å². The molecule has 0 radical (unpaired) electrons. The molecule has 0 unspecified atom stereocenters. The summed E-state index contributed by atoms with van der Waals surface area (Å²) < 4.78 is 13.1. The summed E-state index contributed by atoms with van der Waals surface area (Å²) in [7, 11) is 0. The van der Waals surface area contributed by atoms with Crippen LogP contribution < -0.4 is 0 Å². The molecule has 1 fully saturated rings. The molecule has 11 heavy (non-hydrogen) atoms. The average molecular weight is 271 g/mol. The van der Waals surface area contributed by atoms with Crippen molar-refractivity contribution in [3.63, 3.8) is 0 Å². The third-order valence-electron chi connectivity index (χ3n) is 1.89. The van der Waals surface area contributed by atoms with Gasteiger partial charge in [-0.2, -0.15) is 0 Å². The number of carbonyl (C=O) groups excluding carboxylic acids is 1. The SMILES string of the molecule is O=C(CI)N1CCC(F)CC1. The molecule has 0 N–H and O–H groups in total. The quantitative estimate of drug-likeness (QED) is 0.521. The summed E-state index contributed by atoms with van der Waals surface area (Å²) in [5.41, 5.74) is 0. The lowest BCUT2D eigenvalue weighted by Crippen LogP contribution is -2.39. The van der Waals surface area contributed by atoms with Crippen LogP contribution in [0.3, 0.4) is 0 Å². The summed E-state index contributed by atoms with van der Waals surface area (Å²) in [4.78, 5) is 12.8. The van der Waals surface area contributed by atoms with Crippen LogP contribution in [-0.4, -0.2) is 34.5 Å². The smallest absolute Gasteiger partial charge is 0.232 e. The molecule has 1 aliphatic rings. The predicted octanol–water partition coefficient (Wildman–Crippen LogP) is 1.38. The predicted molar refractivity (Wildman–Crippen MR) is 49.6 cm³/mol. The summed E-state index contributed by atoms with van der Waals surface area (Å²) >= 11 is 2.04. The van der Waals surface area contributed by atoms with Crippen molar-refractivity contribution >= 4 is 28.5 Å². The Morgan fingerprint density at radius 1 is 1.55 bits per heavy atom. The largest absolute Gasteiger partial charge is 0.342 e. The molecule has 0 atom stereocenters. The van der Waals surface area contributed by atoms with Crippen LogP contribution in [0.4, 0.5) is 4.39 Å². The van der Waals surface area contributed by atoms with Crippen molar-refractivity contribution in [3.8, 4) is 0 Å². The summed E-state index contributed by atoms with van der Waals surface area (Å²) in [5.74, 6) is 0.137. The fraction of sp³-hybridized carbons (Fsp3) is 0.857. The van der Waals surface area contributed by atoms with Crippen molar-refractivity contribution in [1.29, 1.82) is 0 Å². The van der Waals surface area contributed by atoms with E-state index in [-0.39, 0.29) is 5.91 Å². The number of hydrogen-bond donors (Lipinski definition) is 0. The zero-order valence-corrected chi connectivity index (χ0v) is 8.38. The van der Waals surface area contributed by atoms with Crippen LogP contribution in [0, 0.1) is 0 Å². The van der Waals surface area contributed by atoms with Crippen LogP contribution in [-0.2, 0) is 4.79 Å². The van der Waals surface area contributed by atoms with Crippen LogP contribution in [0.1, 0.15) is 12.8 Å². The first-order valence-electron chi connectivity index (χ1n) is 3.72. The molecular weight excluding hydrogens is 260 g/mol. The molecule has 0 aromatic heterocycles. The van der Waals surface area contributed by atoms with E-state index in [2.05, 4.69) is 0 Å². The van der Waals surface area contributed by atoms with Crippen LogP contribution in [0.2, 0.25) is 0 Å². The Balaban J connectivity index is 2.33. The molecule has 0 aromatic rings. The Bertz CT molecular complexity index is 145. The molecule has 1 amide bonds. The number of hydrogen-bond acceptors (Lipinski definition) is 1. The van der Waals surface area contributed by atoms with E-state index < -0.39 is 6.17 Å². The van der Waals surface area contributed by atoms with Gasteiger partial charge in [-0.05, 0) is 12.8 Å². The molecule has 0 spiro atoms. The maximum absolute atomic E-state index is 12.6. The number of amides is 1. The van der Waals surface area contributed by atoms with Gasteiger partial charge in [0.25, 0.3) is 0 Å². The Labute approximate surface area is 79.3 Å². The highest BCUT2D eigenvalue weighted by atomic mass is 127. The Morgan fingerprint density at radius 2 is 2.09 bits per heavy atom. The maximum atomic E-state index is 12.6. The van der Waals surface area contributed by atoms with Gasteiger partial charge >= 0.3 is 0 Å². The van der Waals surface area contributed by atoms with Crippen LogP contribution in [0.5, 0.6) is 0 Å². The normalized spacial score (nSPS) is 20.4. The van der Waals surface area contributed by atoms with E-state index in [0.717, 1.165) is 0 Å². The zero-order valence-electron chi connectivity index (χ0n) is 6.22. The van der Waals surface area contributed by atoms with Gasteiger partial charge in [-0.1, -0.05) is 22.6 Å². The van der Waals surface area contributed by atoms with Gasteiger partial charge in [0.15, 0.2) is 0 Å². The van der Waals surface area contributed by atoms with Crippen molar-refractivity contribution in [2.75, 3.05) is 17.5 Å². The lowest BCUT2D eigenvalue weighted by atomic mass is 10.1. The zero-order chi connectivity index (χ0) is 8.27. The van der Waals surface area contributed by atoms with Gasteiger partial charge in [-0.15, -0.1) is 0 Å². The van der Waals surface area contributed by atoms with Gasteiger partial charge in [0.05, 0.1) is 4.43 Å². The van der Waals surface area contributed by atoms with E-state index in [4.69, 9.17) is 0 Å². The average Bonchev–Trinajstić information content (AvgIpc) is 2.05. The second-order valence-electron chi connectivity index (χ2n) is 2.69. The molecule has 0 aromatic carbocycles. The lowest BCUT2D eigenvalue weighted by Gasteiger charge is -2.27. The van der Waals surface area contributed by atoms with Gasteiger partial charge in [-0.3, -0.25) is 4.79 Å². The minimum absolute atomic E-state index is 0.137. The van der Waals surface area contributed by atoms with Crippen molar-refractivity contribution < 1.29 is 9.18 Å². The molecule has 0 saturated carbocycles. The Hall–Kier alpha value is 0.130. The summed E-state index contributed by atoms with van der Waals surface area (Å²) in [5, 5.41) is 0. The summed E-state index contributed by atoms with van der Waals surface area (Å²) in [6, 6.07) is 0. The van der Waals surface area contributed by atoms with Gasteiger partial charge < -0.3 is 4.90 Å². The lowest BCUT2D eigenvalue weighted by molar-refractivity contribution is -0.129. The number of halogens is 2. The highest BCUT2D eigenvalue weighted by Crippen LogP contribution is 2.13. The van der Waals surface area contributed by atoms with E-state index in [9.17, 15) is 9.18 Å². The number of alkyl halides is 2. The second kappa shape index (κ2) is 4.23. The number of rotatable bonds is 1. The molecule has 64 valence electrons. The van der Waals surface area contributed by atoms with Crippen molar-refractivity contribution in [2.45, 2.75) is 19.0 Å². The minimum atomic E-state index is -0.687. The third-order valence-corrected chi connectivity index (χ3v) is 2.54. The second-order valence-corrected chi connectivity index (χ2v) is 3.45. The first-order valence-corrected chi connectivity index (χ1v) is 5.24. The minimum Gasteiger partial charge on any atom is -0.342 e. The van der Waals surface area contributed by atoms with Crippen LogP contribution >= 0.6 is 22.6 Å². The molecule has 1 aliphatic heterocycles. The summed E-state index contributed by atoms with van der Waals surface area (Å²) in [6.07, 6.45) is 0.346. The maximum Gasteiger partial charge on any atom is 0.232 e. The van der Waals surface area contributed by atoms with E-state index in [1.54, 1.807) is 4.90 Å². The van der Waals surface area contributed by atoms with Gasteiger partial charge in [0.2, 0.25) is 5.91 Å². The molecular formula is C7H11FINO. The van der Waals surface area contributed by atoms with Gasteiger partial charge in [0.1, 0.15) is 6.17 Å². The Kier molecular flexibility index (Phi) is 3.54. The van der Waals surface area contributed by atoms with E-state index >= 15 is 0 Å². The highest BCUT2D eigenvalue weighted by molar-refractivity contribution is 14.1. The summed E-state index contributed by atoms with van der Waals surface area (Å²) in [6.45, 7) is 1.20. The van der Waals surface area contributed by atoms with Crippen LogP contribution in [0.15, 0.2) is 0 Å². The molecule has 1 rings (SSSR count). The van der Waals surface area contributed by atoms with Crippen molar-refractivity contribution in [2.24, 2.45) is 0 Å². The monoisotopic (exact) mass is 271 g/mol. The van der Waals surface area contributed by atoms with E-state index in [1.807, 2.05) is 22.6 Å². The van der Waals surface area contributed by atoms with Crippen LogP contribution in [0.25, 0.3) is 0 Å². The third kappa shape index (κ3) is 2.57. The fourth-order valence-electron chi connectivity index (χ4n) is 1.18. The molecule has 1 heterocycles. The number of carbonyl (C=O) groups is 1. The van der Waals surface area contributed by atoms with Gasteiger partial charge in [-0.25, -0.2) is 4.39 Å². The fourth-order valence-corrected chi connectivity index (χ4v) is 1.66. The Morgan fingerprint density at radius 3 is 2.55 bits per heavy atom.